The fraction of sp³-hybridized carbons (Fsp3) is 0.0182. The summed E-state index contributed by atoms with van der Waals surface area (Å²) in [7, 11) is 0. The van der Waals surface area contributed by atoms with Gasteiger partial charge in [0.2, 0.25) is 0 Å². The van der Waals surface area contributed by atoms with Gasteiger partial charge in [0.05, 0.1) is 22.1 Å². The first-order chi connectivity index (χ1) is 29.1. The monoisotopic (exact) mass is 772 g/mol. The minimum atomic E-state index is 0.861. The van der Waals surface area contributed by atoms with Crippen LogP contribution in [0.2, 0.25) is 0 Å². The van der Waals surface area contributed by atoms with Crippen molar-refractivity contribution in [3.05, 3.63) is 200 Å². The molecular weight excluding hydrogens is 737 g/mol. The van der Waals surface area contributed by atoms with Crippen molar-refractivity contribution in [3.8, 4) is 33.6 Å². The van der Waals surface area contributed by atoms with Gasteiger partial charge in [-0.15, -0.1) is 11.3 Å². The summed E-state index contributed by atoms with van der Waals surface area (Å²) in [6, 6.07) is 62.4. The molecule has 12 rings (SSSR count). The molecule has 0 radical (unpaired) electrons. The Balaban J connectivity index is 1.11. The van der Waals surface area contributed by atoms with E-state index in [-0.39, 0.29) is 0 Å². The van der Waals surface area contributed by atoms with Gasteiger partial charge in [0.15, 0.2) is 0 Å². The molecule has 0 aliphatic carbocycles. The molecule has 0 atom stereocenters. The molecule has 4 heterocycles. The molecule has 0 N–H and O–H groups in total. The summed E-state index contributed by atoms with van der Waals surface area (Å²) in [4.78, 5) is 0. The van der Waals surface area contributed by atoms with E-state index in [1.165, 1.54) is 86.0 Å². The number of rotatable bonds is 6. The van der Waals surface area contributed by atoms with Crippen LogP contribution in [-0.4, -0.2) is 9.13 Å². The van der Waals surface area contributed by atoms with Crippen LogP contribution in [0.4, 0.5) is 0 Å². The van der Waals surface area contributed by atoms with Crippen molar-refractivity contribution in [2.24, 2.45) is 0 Å². The molecule has 12 aromatic rings. The molecule has 0 unspecified atom stereocenters. The lowest BCUT2D eigenvalue weighted by molar-refractivity contribution is 0.601. The van der Waals surface area contributed by atoms with E-state index < -0.39 is 0 Å². The fourth-order valence-electron chi connectivity index (χ4n) is 9.39. The van der Waals surface area contributed by atoms with Crippen LogP contribution in [0.3, 0.4) is 0 Å². The zero-order chi connectivity index (χ0) is 39.2. The predicted molar refractivity (Wildman–Crippen MR) is 253 cm³/mol. The van der Waals surface area contributed by atoms with Gasteiger partial charge >= 0.3 is 0 Å². The van der Waals surface area contributed by atoms with Crippen LogP contribution in [0.1, 0.15) is 11.3 Å². The van der Waals surface area contributed by atoms with Gasteiger partial charge in [-0.25, -0.2) is 0 Å². The number of aromatic nitrogens is 2. The lowest BCUT2D eigenvalue weighted by Gasteiger charge is -2.13. The lowest BCUT2D eigenvalue weighted by Crippen LogP contribution is -1.96. The van der Waals surface area contributed by atoms with Gasteiger partial charge in [-0.3, -0.25) is 0 Å². The van der Waals surface area contributed by atoms with Crippen LogP contribution in [-0.2, 0) is 0 Å². The van der Waals surface area contributed by atoms with Crippen LogP contribution in [0.5, 0.6) is 0 Å². The third-order valence-electron chi connectivity index (χ3n) is 12.1. The van der Waals surface area contributed by atoms with Crippen molar-refractivity contribution in [2.75, 3.05) is 0 Å². The van der Waals surface area contributed by atoms with E-state index in [1.807, 2.05) is 23.5 Å². The van der Waals surface area contributed by atoms with Crippen molar-refractivity contribution in [1.29, 1.82) is 0 Å². The molecule has 3 nitrogen and oxygen atoms in total. The summed E-state index contributed by atoms with van der Waals surface area (Å²) < 4.78 is 13.7. The van der Waals surface area contributed by atoms with Gasteiger partial charge in [0.25, 0.3) is 0 Å². The van der Waals surface area contributed by atoms with E-state index in [0.717, 1.165) is 33.7 Å². The number of allylic oxidation sites excluding steroid dienone is 2. The summed E-state index contributed by atoms with van der Waals surface area (Å²) in [5.41, 5.74) is 13.9. The second kappa shape index (κ2) is 13.1. The Hall–Kier alpha value is -7.40. The maximum Gasteiger partial charge on any atom is 0.135 e. The number of hydrogen-bond donors (Lipinski definition) is 0. The standard InChI is InChI=1S/C55H36N2OS/c1-3-4-24-51-34(2)44-30-36(27-29-52(44)58-51)45-32-38(33-47-42-19-10-13-25-53(42)59-55(45)47)56-48-22-11-9-18-41(48)46-31-35(26-28-50(46)56)39-20-14-21-43-40-17-8-12-23-49(40)57(54(39)43)37-15-6-5-7-16-37/h3-33H,1H2,2H3/b24-4-. The number of furan rings is 1. The van der Waals surface area contributed by atoms with Gasteiger partial charge in [-0.05, 0) is 90.9 Å². The topological polar surface area (TPSA) is 23.0 Å². The zero-order valence-corrected chi connectivity index (χ0v) is 33.1. The van der Waals surface area contributed by atoms with Crippen LogP contribution in [0, 0.1) is 6.92 Å². The molecule has 4 aromatic heterocycles. The van der Waals surface area contributed by atoms with Gasteiger partial charge < -0.3 is 13.6 Å². The molecule has 0 bridgehead atoms. The molecule has 4 heteroatoms. The number of thiophene rings is 1. The van der Waals surface area contributed by atoms with E-state index in [1.54, 1.807) is 6.08 Å². The van der Waals surface area contributed by atoms with Crippen molar-refractivity contribution in [1.82, 2.24) is 9.13 Å². The van der Waals surface area contributed by atoms with Crippen LogP contribution in [0.15, 0.2) is 193 Å². The molecule has 0 saturated heterocycles. The van der Waals surface area contributed by atoms with E-state index >= 15 is 0 Å². The number of aryl methyl sites for hydroxylation is 1. The Morgan fingerprint density at radius 2 is 1.17 bits per heavy atom. The molecule has 0 spiro atoms. The second-order valence-corrected chi connectivity index (χ2v) is 16.4. The fourth-order valence-corrected chi connectivity index (χ4v) is 10.6. The van der Waals surface area contributed by atoms with Crippen LogP contribution in [0.25, 0.3) is 114 Å². The van der Waals surface area contributed by atoms with Crippen LogP contribution < -0.4 is 0 Å². The number of fused-ring (bicyclic) bond motifs is 10. The molecule has 0 saturated carbocycles. The van der Waals surface area contributed by atoms with Gasteiger partial charge in [0, 0.05) is 75.2 Å². The van der Waals surface area contributed by atoms with Crippen molar-refractivity contribution >= 4 is 92.2 Å². The highest BCUT2D eigenvalue weighted by Crippen LogP contribution is 2.45. The Morgan fingerprint density at radius 1 is 0.508 bits per heavy atom. The van der Waals surface area contributed by atoms with E-state index in [2.05, 4.69) is 192 Å². The Morgan fingerprint density at radius 3 is 2.00 bits per heavy atom. The number of nitrogens with zero attached hydrogens (tertiary/aromatic N) is 2. The van der Waals surface area contributed by atoms with Gasteiger partial charge in [0.1, 0.15) is 11.3 Å². The normalized spacial score (nSPS) is 12.2. The third-order valence-corrected chi connectivity index (χ3v) is 13.3. The highest BCUT2D eigenvalue weighted by Gasteiger charge is 2.21. The summed E-state index contributed by atoms with van der Waals surface area (Å²) in [5.74, 6) is 0.861. The maximum atomic E-state index is 6.28. The minimum absolute atomic E-state index is 0.861. The number of para-hydroxylation sites is 4. The van der Waals surface area contributed by atoms with Gasteiger partial charge in [-0.2, -0.15) is 0 Å². The number of benzene rings is 8. The lowest BCUT2D eigenvalue weighted by atomic mass is 9.99. The Bertz CT molecular complexity index is 3700. The molecule has 0 amide bonds. The third kappa shape index (κ3) is 5.07. The summed E-state index contributed by atoms with van der Waals surface area (Å²) in [6.07, 6.45) is 5.70. The molecule has 0 fully saturated rings. The Labute approximate surface area is 344 Å². The maximum absolute atomic E-state index is 6.28. The van der Waals surface area contributed by atoms with Crippen molar-refractivity contribution < 1.29 is 4.42 Å². The van der Waals surface area contributed by atoms with Crippen molar-refractivity contribution in [2.45, 2.75) is 6.92 Å². The molecular formula is C55H36N2OS. The molecule has 59 heavy (non-hydrogen) atoms. The summed E-state index contributed by atoms with van der Waals surface area (Å²) in [5, 5.41) is 8.62. The highest BCUT2D eigenvalue weighted by molar-refractivity contribution is 7.26. The molecule has 0 aliphatic rings. The van der Waals surface area contributed by atoms with E-state index in [0.29, 0.717) is 0 Å². The molecule has 278 valence electrons. The quantitative estimate of drug-likeness (QED) is 0.154. The summed E-state index contributed by atoms with van der Waals surface area (Å²) >= 11 is 1.87. The average molecular weight is 773 g/mol. The molecule has 0 aliphatic heterocycles. The largest absolute Gasteiger partial charge is 0.456 e. The zero-order valence-electron chi connectivity index (χ0n) is 32.3. The summed E-state index contributed by atoms with van der Waals surface area (Å²) in [6.45, 7) is 5.98. The smallest absolute Gasteiger partial charge is 0.135 e. The second-order valence-electron chi connectivity index (χ2n) is 15.3. The minimum Gasteiger partial charge on any atom is -0.456 e. The average Bonchev–Trinajstić information content (AvgIpc) is 4.03. The first-order valence-corrected chi connectivity index (χ1v) is 20.9. The first kappa shape index (κ1) is 33.7. The van der Waals surface area contributed by atoms with E-state index in [9.17, 15) is 0 Å². The first-order valence-electron chi connectivity index (χ1n) is 20.0. The highest BCUT2D eigenvalue weighted by atomic mass is 32.1. The Kier molecular flexibility index (Phi) is 7.47. The number of hydrogen-bond acceptors (Lipinski definition) is 2. The predicted octanol–water partition coefficient (Wildman–Crippen LogP) is 15.8. The van der Waals surface area contributed by atoms with Gasteiger partial charge in [-0.1, -0.05) is 122 Å². The van der Waals surface area contributed by atoms with Crippen molar-refractivity contribution in [3.63, 3.8) is 0 Å². The van der Waals surface area contributed by atoms with E-state index in [4.69, 9.17) is 4.42 Å². The SMILES string of the molecule is C=C/C=C\c1oc2ccc(-c3cc(-n4c5ccccc5c5cc(-c6cccc7c8ccccc8n(-c8ccccc8)c67)ccc54)cc4c3sc3ccccc34)cc2c1C. The molecule has 8 aromatic carbocycles. The van der Waals surface area contributed by atoms with Crippen LogP contribution >= 0.6 is 11.3 Å².